The van der Waals surface area contributed by atoms with Crippen molar-refractivity contribution in [2.75, 3.05) is 6.61 Å². The molecule has 3 rings (SSSR count). The monoisotopic (exact) mass is 342 g/mol. The number of aromatic nitrogens is 1. The molecule has 3 N–H and O–H groups in total. The lowest BCUT2D eigenvalue weighted by atomic mass is 9.99. The van der Waals surface area contributed by atoms with Crippen molar-refractivity contribution in [1.29, 1.82) is 0 Å². The highest BCUT2D eigenvalue weighted by atomic mass is 35.5. The first-order valence-corrected chi connectivity index (χ1v) is 8.25. The van der Waals surface area contributed by atoms with Crippen LogP contribution < -0.4 is 5.73 Å². The third-order valence-electron chi connectivity index (χ3n) is 3.96. The molecule has 0 spiro atoms. The summed E-state index contributed by atoms with van der Waals surface area (Å²) in [4.78, 5) is 15.3. The molecule has 0 saturated heterocycles. The van der Waals surface area contributed by atoms with Gasteiger partial charge in [-0.2, -0.15) is 0 Å². The number of carbonyl (C=O) groups excluding carboxylic acids is 1. The van der Waals surface area contributed by atoms with E-state index >= 15 is 0 Å². The predicted octanol–water partition coefficient (Wildman–Crippen LogP) is 3.92. The molecular formula is C19H19ClN2O2. The van der Waals surface area contributed by atoms with E-state index in [-0.39, 0.29) is 5.97 Å². The van der Waals surface area contributed by atoms with E-state index in [0.29, 0.717) is 18.1 Å². The molecule has 0 bridgehead atoms. The van der Waals surface area contributed by atoms with Crippen LogP contribution in [-0.4, -0.2) is 23.6 Å². The van der Waals surface area contributed by atoms with Gasteiger partial charge in [0.2, 0.25) is 0 Å². The van der Waals surface area contributed by atoms with Gasteiger partial charge in [-0.15, -0.1) is 0 Å². The highest BCUT2D eigenvalue weighted by Crippen LogP contribution is 2.31. The summed E-state index contributed by atoms with van der Waals surface area (Å²) in [6.45, 7) is 2.10. The van der Waals surface area contributed by atoms with E-state index in [1.807, 2.05) is 48.5 Å². The van der Waals surface area contributed by atoms with E-state index in [9.17, 15) is 4.79 Å². The minimum atomic E-state index is -0.699. The van der Waals surface area contributed by atoms with Crippen LogP contribution in [-0.2, 0) is 16.0 Å². The normalized spacial score (nSPS) is 12.3. The van der Waals surface area contributed by atoms with Gasteiger partial charge in [-0.1, -0.05) is 41.9 Å². The number of nitrogens with one attached hydrogen (secondary N) is 1. The Balaban J connectivity index is 2.05. The Bertz CT molecular complexity index is 855. The average molecular weight is 343 g/mol. The van der Waals surface area contributed by atoms with Crippen LogP contribution in [0.15, 0.2) is 48.5 Å². The molecule has 0 fully saturated rings. The predicted molar refractivity (Wildman–Crippen MR) is 97.1 cm³/mol. The van der Waals surface area contributed by atoms with Gasteiger partial charge in [-0.3, -0.25) is 4.79 Å². The molecular weight excluding hydrogens is 324 g/mol. The Hall–Kier alpha value is -2.30. The Morgan fingerprint density at radius 3 is 2.62 bits per heavy atom. The van der Waals surface area contributed by atoms with E-state index in [2.05, 4.69) is 4.98 Å². The van der Waals surface area contributed by atoms with Gasteiger partial charge in [0.25, 0.3) is 0 Å². The minimum absolute atomic E-state index is 0.324. The van der Waals surface area contributed by atoms with Gasteiger partial charge in [0.1, 0.15) is 6.04 Å². The molecule has 3 aromatic rings. The topological polar surface area (TPSA) is 68.1 Å². The zero-order valence-corrected chi connectivity index (χ0v) is 14.1. The number of benzene rings is 2. The van der Waals surface area contributed by atoms with Crippen molar-refractivity contribution in [3.8, 4) is 11.3 Å². The molecule has 0 saturated carbocycles. The highest BCUT2D eigenvalue weighted by molar-refractivity contribution is 6.30. The smallest absolute Gasteiger partial charge is 0.323 e. The molecule has 4 nitrogen and oxygen atoms in total. The molecule has 124 valence electrons. The number of H-pyrrole nitrogens is 1. The Morgan fingerprint density at radius 1 is 1.21 bits per heavy atom. The first-order chi connectivity index (χ1) is 11.6. The van der Waals surface area contributed by atoms with Crippen LogP contribution in [0.25, 0.3) is 22.2 Å². The second-order valence-electron chi connectivity index (χ2n) is 5.59. The number of ether oxygens (including phenoxy) is 1. The maximum Gasteiger partial charge on any atom is 0.323 e. The van der Waals surface area contributed by atoms with Crippen molar-refractivity contribution in [2.24, 2.45) is 5.73 Å². The van der Waals surface area contributed by atoms with E-state index in [4.69, 9.17) is 22.1 Å². The Morgan fingerprint density at radius 2 is 1.92 bits per heavy atom. The number of carbonyl (C=O) groups is 1. The summed E-state index contributed by atoms with van der Waals surface area (Å²) in [6.07, 6.45) is 0.404. The number of aromatic amines is 1. The highest BCUT2D eigenvalue weighted by Gasteiger charge is 2.20. The summed E-state index contributed by atoms with van der Waals surface area (Å²) < 4.78 is 5.03. The molecule has 1 heterocycles. The molecule has 5 heteroatoms. The van der Waals surface area contributed by atoms with Crippen molar-refractivity contribution < 1.29 is 9.53 Å². The number of nitrogens with two attached hydrogens (primary N) is 1. The summed E-state index contributed by atoms with van der Waals surface area (Å²) in [6, 6.07) is 14.9. The van der Waals surface area contributed by atoms with Gasteiger partial charge >= 0.3 is 5.97 Å². The molecule has 0 aliphatic carbocycles. The third kappa shape index (κ3) is 3.30. The summed E-state index contributed by atoms with van der Waals surface area (Å²) in [5, 5.41) is 1.74. The molecule has 0 amide bonds. The maximum atomic E-state index is 11.9. The zero-order valence-electron chi connectivity index (χ0n) is 13.4. The minimum Gasteiger partial charge on any atom is -0.465 e. The van der Waals surface area contributed by atoms with Crippen molar-refractivity contribution in [3.05, 3.63) is 59.1 Å². The molecule has 1 aromatic heterocycles. The molecule has 0 radical (unpaired) electrons. The van der Waals surface area contributed by atoms with E-state index < -0.39 is 6.04 Å². The van der Waals surface area contributed by atoms with Crippen LogP contribution in [0.1, 0.15) is 12.5 Å². The van der Waals surface area contributed by atoms with Crippen molar-refractivity contribution in [1.82, 2.24) is 4.98 Å². The summed E-state index contributed by atoms with van der Waals surface area (Å²) in [5.41, 5.74) is 10.0. The van der Waals surface area contributed by atoms with Crippen molar-refractivity contribution in [2.45, 2.75) is 19.4 Å². The quantitative estimate of drug-likeness (QED) is 0.690. The van der Waals surface area contributed by atoms with Crippen LogP contribution in [0.3, 0.4) is 0 Å². The van der Waals surface area contributed by atoms with E-state index in [0.717, 1.165) is 27.7 Å². The maximum absolute atomic E-state index is 11.9. The summed E-state index contributed by atoms with van der Waals surface area (Å²) in [7, 11) is 0. The number of fused-ring (bicyclic) bond motifs is 1. The fraction of sp³-hybridized carbons (Fsp3) is 0.211. The largest absolute Gasteiger partial charge is 0.465 e. The van der Waals surface area contributed by atoms with Gasteiger partial charge < -0.3 is 15.5 Å². The van der Waals surface area contributed by atoms with Gasteiger partial charge in [-0.05, 0) is 36.2 Å². The van der Waals surface area contributed by atoms with Crippen molar-refractivity contribution >= 4 is 28.5 Å². The lowest BCUT2D eigenvalue weighted by Crippen LogP contribution is -2.34. The average Bonchev–Trinajstić information content (AvgIpc) is 2.94. The zero-order chi connectivity index (χ0) is 17.1. The van der Waals surface area contributed by atoms with Crippen LogP contribution in [0, 0.1) is 0 Å². The van der Waals surface area contributed by atoms with Crippen molar-refractivity contribution in [3.63, 3.8) is 0 Å². The number of rotatable bonds is 5. The van der Waals surface area contributed by atoms with Crippen LogP contribution in [0.4, 0.5) is 0 Å². The number of para-hydroxylation sites is 1. The van der Waals surface area contributed by atoms with E-state index in [1.165, 1.54) is 0 Å². The molecule has 24 heavy (non-hydrogen) atoms. The standard InChI is InChI=1S/C19H19ClN2O2/c1-2-24-19(23)16(21)11-15-14-5-3-4-6-17(14)22-18(15)12-7-9-13(20)10-8-12/h3-10,16,22H,2,11,21H2,1H3. The van der Waals surface area contributed by atoms with Crippen LogP contribution >= 0.6 is 11.6 Å². The first kappa shape index (κ1) is 16.6. The Labute approximate surface area is 145 Å². The second-order valence-corrected chi connectivity index (χ2v) is 6.03. The molecule has 0 aliphatic heterocycles. The first-order valence-electron chi connectivity index (χ1n) is 7.88. The fourth-order valence-corrected chi connectivity index (χ4v) is 2.95. The molecule has 2 aromatic carbocycles. The fourth-order valence-electron chi connectivity index (χ4n) is 2.83. The SMILES string of the molecule is CCOC(=O)C(N)Cc1c(-c2ccc(Cl)cc2)[nH]c2ccccc12. The van der Waals surface area contributed by atoms with Gasteiger partial charge in [-0.25, -0.2) is 0 Å². The Kier molecular flexibility index (Phi) is 4.88. The van der Waals surface area contributed by atoms with Crippen LogP contribution in [0.2, 0.25) is 5.02 Å². The molecule has 1 atom stereocenters. The summed E-state index contributed by atoms with van der Waals surface area (Å²) in [5.74, 6) is -0.384. The molecule has 1 unspecified atom stereocenters. The number of hydrogen-bond acceptors (Lipinski definition) is 3. The molecule has 0 aliphatic rings. The lowest BCUT2D eigenvalue weighted by Gasteiger charge is -2.12. The van der Waals surface area contributed by atoms with Crippen LogP contribution in [0.5, 0.6) is 0 Å². The van der Waals surface area contributed by atoms with Gasteiger partial charge in [0, 0.05) is 28.0 Å². The third-order valence-corrected chi connectivity index (χ3v) is 4.21. The number of halogens is 1. The number of esters is 1. The van der Waals surface area contributed by atoms with Gasteiger partial charge in [0.05, 0.1) is 6.61 Å². The lowest BCUT2D eigenvalue weighted by molar-refractivity contribution is -0.144. The number of hydrogen-bond donors (Lipinski definition) is 2. The summed E-state index contributed by atoms with van der Waals surface area (Å²) >= 11 is 5.99. The van der Waals surface area contributed by atoms with E-state index in [1.54, 1.807) is 6.92 Å². The second kappa shape index (κ2) is 7.07. The van der Waals surface area contributed by atoms with Gasteiger partial charge in [0.15, 0.2) is 0 Å².